The van der Waals surface area contributed by atoms with Crippen LogP contribution in [0.1, 0.15) is 37.9 Å². The van der Waals surface area contributed by atoms with Crippen molar-refractivity contribution in [3.63, 3.8) is 0 Å². The highest BCUT2D eigenvalue weighted by Crippen LogP contribution is 2.44. The number of H-pyrrole nitrogens is 1. The molecule has 1 aliphatic carbocycles. The van der Waals surface area contributed by atoms with E-state index < -0.39 is 5.97 Å². The van der Waals surface area contributed by atoms with Gasteiger partial charge >= 0.3 is 5.97 Å². The first-order valence-corrected chi connectivity index (χ1v) is 7.82. The number of aromatic nitrogens is 2. The summed E-state index contributed by atoms with van der Waals surface area (Å²) in [7, 11) is 0. The molecule has 3 unspecified atom stereocenters. The van der Waals surface area contributed by atoms with E-state index in [2.05, 4.69) is 16.9 Å². The van der Waals surface area contributed by atoms with E-state index in [1.54, 1.807) is 12.1 Å². The Kier molecular flexibility index (Phi) is 3.84. The molecule has 4 nitrogen and oxygen atoms in total. The molecule has 0 amide bonds. The number of imidazole rings is 1. The molecule has 1 aromatic heterocycles. The Labute approximate surface area is 132 Å². The Hall–Kier alpha value is -1.26. The van der Waals surface area contributed by atoms with Crippen LogP contribution < -0.4 is 0 Å². The summed E-state index contributed by atoms with van der Waals surface area (Å²) in [6, 6.07) is 3.44. The Morgan fingerprint density at radius 1 is 1.38 bits per heavy atom. The molecule has 2 aromatic rings. The summed E-state index contributed by atoms with van der Waals surface area (Å²) in [6.45, 7) is 2.10. The lowest BCUT2D eigenvalue weighted by molar-refractivity contribution is -0.142. The lowest BCUT2D eigenvalue weighted by Crippen LogP contribution is -2.17. The van der Waals surface area contributed by atoms with Gasteiger partial charge < -0.3 is 10.1 Å². The SMILES string of the molecule is CCC1CC(C(=O)O)C(c2nc3cc(Cl)c(Cl)cc3[nH]2)C1. The van der Waals surface area contributed by atoms with Crippen molar-refractivity contribution in [2.24, 2.45) is 11.8 Å². The van der Waals surface area contributed by atoms with Crippen LogP contribution >= 0.6 is 23.2 Å². The summed E-state index contributed by atoms with van der Waals surface area (Å²) in [6.07, 6.45) is 2.57. The number of aromatic amines is 1. The van der Waals surface area contributed by atoms with Crippen molar-refractivity contribution in [1.82, 2.24) is 9.97 Å². The van der Waals surface area contributed by atoms with Crippen LogP contribution in [0.15, 0.2) is 12.1 Å². The van der Waals surface area contributed by atoms with Crippen molar-refractivity contribution in [3.8, 4) is 0 Å². The number of nitrogens with one attached hydrogen (secondary N) is 1. The molecule has 3 atom stereocenters. The topological polar surface area (TPSA) is 66.0 Å². The quantitative estimate of drug-likeness (QED) is 0.874. The molecule has 1 aromatic carbocycles. The summed E-state index contributed by atoms with van der Waals surface area (Å²) in [5.74, 6) is -0.0190. The number of fused-ring (bicyclic) bond motifs is 1. The van der Waals surface area contributed by atoms with E-state index in [-0.39, 0.29) is 11.8 Å². The van der Waals surface area contributed by atoms with Gasteiger partial charge in [0.15, 0.2) is 0 Å². The summed E-state index contributed by atoms with van der Waals surface area (Å²) >= 11 is 12.0. The number of carboxylic acids is 1. The van der Waals surface area contributed by atoms with E-state index in [9.17, 15) is 9.90 Å². The maximum Gasteiger partial charge on any atom is 0.307 e. The molecular formula is C15H16Cl2N2O2. The van der Waals surface area contributed by atoms with Gasteiger partial charge in [0.05, 0.1) is 27.0 Å². The zero-order valence-corrected chi connectivity index (χ0v) is 13.1. The third-order valence-electron chi connectivity index (χ3n) is 4.45. The van der Waals surface area contributed by atoms with Gasteiger partial charge in [-0.3, -0.25) is 4.79 Å². The lowest BCUT2D eigenvalue weighted by Gasteiger charge is -2.12. The number of nitrogens with zero attached hydrogens (tertiary/aromatic N) is 1. The number of hydrogen-bond donors (Lipinski definition) is 2. The fourth-order valence-electron chi connectivity index (χ4n) is 3.25. The zero-order valence-electron chi connectivity index (χ0n) is 11.6. The number of hydrogen-bond acceptors (Lipinski definition) is 2. The third kappa shape index (κ3) is 2.62. The predicted molar refractivity (Wildman–Crippen MR) is 83.0 cm³/mol. The van der Waals surface area contributed by atoms with Crippen LogP contribution in [-0.4, -0.2) is 21.0 Å². The number of benzene rings is 1. The first kappa shape index (κ1) is 14.7. The molecule has 1 saturated carbocycles. The highest BCUT2D eigenvalue weighted by Gasteiger charge is 2.40. The Morgan fingerprint density at radius 2 is 2.10 bits per heavy atom. The smallest absolute Gasteiger partial charge is 0.307 e. The number of rotatable bonds is 3. The van der Waals surface area contributed by atoms with E-state index in [4.69, 9.17) is 23.2 Å². The van der Waals surface area contributed by atoms with Crippen molar-refractivity contribution < 1.29 is 9.90 Å². The Balaban J connectivity index is 2.00. The number of halogens is 2. The molecule has 0 bridgehead atoms. The van der Waals surface area contributed by atoms with Gasteiger partial charge in [-0.2, -0.15) is 0 Å². The van der Waals surface area contributed by atoms with Crippen LogP contribution in [0.5, 0.6) is 0 Å². The summed E-state index contributed by atoms with van der Waals surface area (Å²) < 4.78 is 0. The molecule has 1 fully saturated rings. The fraction of sp³-hybridized carbons (Fsp3) is 0.467. The molecule has 0 radical (unpaired) electrons. The van der Waals surface area contributed by atoms with Crippen LogP contribution in [0.3, 0.4) is 0 Å². The van der Waals surface area contributed by atoms with Gasteiger partial charge in [0.2, 0.25) is 0 Å². The number of carbonyl (C=O) groups is 1. The molecule has 21 heavy (non-hydrogen) atoms. The molecular weight excluding hydrogens is 311 g/mol. The monoisotopic (exact) mass is 326 g/mol. The summed E-state index contributed by atoms with van der Waals surface area (Å²) in [5, 5.41) is 10.4. The van der Waals surface area contributed by atoms with Gasteiger partial charge in [-0.1, -0.05) is 36.5 Å². The molecule has 2 N–H and O–H groups in total. The molecule has 6 heteroatoms. The van der Waals surface area contributed by atoms with Gasteiger partial charge in [0.25, 0.3) is 0 Å². The van der Waals surface area contributed by atoms with Crippen molar-refractivity contribution in [2.75, 3.05) is 0 Å². The van der Waals surface area contributed by atoms with Crippen molar-refractivity contribution in [1.29, 1.82) is 0 Å². The Bertz CT molecular complexity index is 659. The van der Waals surface area contributed by atoms with Crippen LogP contribution in [0.4, 0.5) is 0 Å². The first-order chi connectivity index (χ1) is 9.99. The van der Waals surface area contributed by atoms with Crippen molar-refractivity contribution >= 4 is 40.2 Å². The lowest BCUT2D eigenvalue weighted by atomic mass is 9.96. The molecule has 0 spiro atoms. The second kappa shape index (κ2) is 5.50. The van der Waals surface area contributed by atoms with Crippen molar-refractivity contribution in [3.05, 3.63) is 28.0 Å². The average molecular weight is 327 g/mol. The predicted octanol–water partition coefficient (Wildman–Crippen LogP) is 4.47. The third-order valence-corrected chi connectivity index (χ3v) is 5.17. The van der Waals surface area contributed by atoms with Gasteiger partial charge in [0, 0.05) is 5.92 Å². The average Bonchev–Trinajstić information content (AvgIpc) is 3.02. The number of carboxylic acid groups (broad SMARTS) is 1. The van der Waals surface area contributed by atoms with E-state index in [0.717, 1.165) is 36.1 Å². The van der Waals surface area contributed by atoms with Crippen LogP contribution in [0.2, 0.25) is 10.0 Å². The fourth-order valence-corrected chi connectivity index (χ4v) is 3.57. The van der Waals surface area contributed by atoms with E-state index in [1.165, 1.54) is 0 Å². The number of aliphatic carboxylic acids is 1. The molecule has 1 heterocycles. The minimum atomic E-state index is -0.743. The standard InChI is InChI=1S/C15H16Cl2N2O2/c1-2-7-3-8(9(4-7)15(20)21)14-18-12-5-10(16)11(17)6-13(12)19-14/h5-9H,2-4H2,1H3,(H,18,19)(H,20,21). The maximum absolute atomic E-state index is 11.5. The van der Waals surface area contributed by atoms with Gasteiger partial charge in [-0.25, -0.2) is 4.98 Å². The molecule has 0 saturated heterocycles. The minimum Gasteiger partial charge on any atom is -0.481 e. The minimum absolute atomic E-state index is 0.0719. The molecule has 0 aliphatic heterocycles. The summed E-state index contributed by atoms with van der Waals surface area (Å²) in [5.41, 5.74) is 1.52. The van der Waals surface area contributed by atoms with Crippen LogP contribution in [-0.2, 0) is 4.79 Å². The highest BCUT2D eigenvalue weighted by atomic mass is 35.5. The molecule has 3 rings (SSSR count). The van der Waals surface area contributed by atoms with E-state index in [0.29, 0.717) is 16.0 Å². The largest absolute Gasteiger partial charge is 0.481 e. The second-order valence-electron chi connectivity index (χ2n) is 5.70. The van der Waals surface area contributed by atoms with Crippen molar-refractivity contribution in [2.45, 2.75) is 32.1 Å². The molecule has 112 valence electrons. The Morgan fingerprint density at radius 3 is 2.76 bits per heavy atom. The summed E-state index contributed by atoms with van der Waals surface area (Å²) in [4.78, 5) is 19.2. The highest BCUT2D eigenvalue weighted by molar-refractivity contribution is 6.42. The first-order valence-electron chi connectivity index (χ1n) is 7.07. The van der Waals surface area contributed by atoms with Gasteiger partial charge in [-0.15, -0.1) is 0 Å². The van der Waals surface area contributed by atoms with Gasteiger partial charge in [-0.05, 0) is 30.9 Å². The van der Waals surface area contributed by atoms with E-state index in [1.807, 2.05) is 0 Å². The van der Waals surface area contributed by atoms with E-state index >= 15 is 0 Å². The van der Waals surface area contributed by atoms with Crippen LogP contribution in [0, 0.1) is 11.8 Å². The zero-order chi connectivity index (χ0) is 15.1. The van der Waals surface area contributed by atoms with Crippen LogP contribution in [0.25, 0.3) is 11.0 Å². The second-order valence-corrected chi connectivity index (χ2v) is 6.52. The van der Waals surface area contributed by atoms with Gasteiger partial charge in [0.1, 0.15) is 5.82 Å². The molecule has 1 aliphatic rings. The normalized spacial score (nSPS) is 25.6. The maximum atomic E-state index is 11.5.